The van der Waals surface area contributed by atoms with Crippen molar-refractivity contribution in [1.82, 2.24) is 4.90 Å². The first-order chi connectivity index (χ1) is 16.4. The van der Waals surface area contributed by atoms with E-state index in [0.717, 1.165) is 65.0 Å². The summed E-state index contributed by atoms with van der Waals surface area (Å²) in [5.41, 5.74) is 2.27. The van der Waals surface area contributed by atoms with Gasteiger partial charge in [-0.15, -0.1) is 0 Å². The third-order valence-corrected chi connectivity index (χ3v) is 6.95. The van der Waals surface area contributed by atoms with E-state index < -0.39 is 5.60 Å². The lowest BCUT2D eigenvalue weighted by atomic mass is 9.83. The van der Waals surface area contributed by atoms with Gasteiger partial charge in [0.15, 0.2) is 0 Å². The summed E-state index contributed by atoms with van der Waals surface area (Å²) < 4.78 is 5.94. The smallest absolute Gasteiger partial charge is 0.119 e. The van der Waals surface area contributed by atoms with Crippen molar-refractivity contribution in [1.29, 1.82) is 0 Å². The molecule has 0 aliphatic heterocycles. The Morgan fingerprint density at radius 1 is 0.735 bits per heavy atom. The van der Waals surface area contributed by atoms with Crippen molar-refractivity contribution in [2.75, 3.05) is 26.2 Å². The van der Waals surface area contributed by atoms with Crippen molar-refractivity contribution in [3.63, 3.8) is 0 Å². The van der Waals surface area contributed by atoms with Gasteiger partial charge in [-0.05, 0) is 91.9 Å². The molecule has 0 unspecified atom stereocenters. The second-order valence-corrected chi connectivity index (χ2v) is 9.56. The van der Waals surface area contributed by atoms with Crippen molar-refractivity contribution in [3.05, 3.63) is 99.5 Å². The molecule has 3 rings (SSSR count). The largest absolute Gasteiger partial charge is 0.492 e. The molecule has 0 aliphatic carbocycles. The van der Waals surface area contributed by atoms with Crippen LogP contribution in [-0.4, -0.2) is 36.2 Å². The summed E-state index contributed by atoms with van der Waals surface area (Å²) in [7, 11) is 0. The molecular weight excluding hydrogens is 465 g/mol. The van der Waals surface area contributed by atoms with Crippen molar-refractivity contribution in [2.24, 2.45) is 0 Å². The first kappa shape index (κ1) is 26.6. The minimum absolute atomic E-state index is 0.615. The van der Waals surface area contributed by atoms with Crippen LogP contribution >= 0.6 is 23.2 Å². The Morgan fingerprint density at radius 2 is 1.21 bits per heavy atom. The minimum atomic E-state index is -0.959. The summed E-state index contributed by atoms with van der Waals surface area (Å²) in [6.45, 7) is 7.92. The van der Waals surface area contributed by atoms with E-state index in [4.69, 9.17) is 27.9 Å². The SMILES string of the molecule is CCN(CC)CCOc1ccc(C(O)(CCc2ccc(Cl)cc2)CCc2ccc(Cl)cc2)cc1. The molecule has 0 saturated carbocycles. The second-order valence-electron chi connectivity index (χ2n) is 8.68. The topological polar surface area (TPSA) is 32.7 Å². The monoisotopic (exact) mass is 499 g/mol. The van der Waals surface area contributed by atoms with Crippen LogP contribution in [-0.2, 0) is 18.4 Å². The number of ether oxygens (including phenoxy) is 1. The molecule has 5 heteroatoms. The fourth-order valence-electron chi connectivity index (χ4n) is 4.11. The number of nitrogens with zero attached hydrogens (tertiary/aromatic N) is 1. The zero-order valence-corrected chi connectivity index (χ0v) is 21.7. The molecule has 3 aromatic carbocycles. The molecule has 0 saturated heterocycles. The Bertz CT molecular complexity index is 935. The normalized spacial score (nSPS) is 11.7. The van der Waals surface area contributed by atoms with Gasteiger partial charge in [-0.2, -0.15) is 0 Å². The van der Waals surface area contributed by atoms with Gasteiger partial charge in [0.05, 0.1) is 5.60 Å². The Hall–Kier alpha value is -2.04. The lowest BCUT2D eigenvalue weighted by Crippen LogP contribution is -2.28. The summed E-state index contributed by atoms with van der Waals surface area (Å²) in [5.74, 6) is 0.827. The predicted octanol–water partition coefficient (Wildman–Crippen LogP) is 7.17. The number of aryl methyl sites for hydroxylation is 2. The van der Waals surface area contributed by atoms with Crippen LogP contribution in [0.15, 0.2) is 72.8 Å². The van der Waals surface area contributed by atoms with Gasteiger partial charge in [0, 0.05) is 16.6 Å². The van der Waals surface area contributed by atoms with E-state index in [2.05, 4.69) is 18.7 Å². The van der Waals surface area contributed by atoms with Gasteiger partial charge >= 0.3 is 0 Å². The molecule has 0 aliphatic rings. The second kappa shape index (κ2) is 13.2. The number of hydrogen-bond acceptors (Lipinski definition) is 3. The van der Waals surface area contributed by atoms with Crippen molar-refractivity contribution in [3.8, 4) is 5.75 Å². The Morgan fingerprint density at radius 3 is 1.65 bits per heavy atom. The van der Waals surface area contributed by atoms with Crippen molar-refractivity contribution in [2.45, 2.75) is 45.1 Å². The van der Waals surface area contributed by atoms with Crippen LogP contribution in [0.3, 0.4) is 0 Å². The fourth-order valence-corrected chi connectivity index (χ4v) is 4.36. The highest BCUT2D eigenvalue weighted by Gasteiger charge is 2.29. The molecule has 0 amide bonds. The molecule has 182 valence electrons. The summed E-state index contributed by atoms with van der Waals surface area (Å²) >= 11 is 12.1. The highest BCUT2D eigenvalue weighted by molar-refractivity contribution is 6.30. The maximum absolute atomic E-state index is 11.8. The minimum Gasteiger partial charge on any atom is -0.492 e. The van der Waals surface area contributed by atoms with E-state index in [9.17, 15) is 5.11 Å². The third kappa shape index (κ3) is 8.02. The standard InChI is InChI=1S/C29H35Cl2NO2/c1-3-32(4-2)21-22-34-28-15-9-25(10-16-28)29(33,19-17-23-5-11-26(30)12-6-23)20-18-24-7-13-27(31)14-8-24/h5-16,33H,3-4,17-22H2,1-2H3. The van der Waals surface area contributed by atoms with Gasteiger partial charge in [0.2, 0.25) is 0 Å². The zero-order chi connectivity index (χ0) is 24.4. The molecule has 3 nitrogen and oxygen atoms in total. The fraction of sp³-hybridized carbons (Fsp3) is 0.379. The van der Waals surface area contributed by atoms with E-state index in [-0.39, 0.29) is 0 Å². The molecule has 0 bridgehead atoms. The van der Waals surface area contributed by atoms with Crippen LogP contribution in [0.1, 0.15) is 43.4 Å². The molecule has 3 aromatic rings. The number of benzene rings is 3. The Labute approximate surface area is 214 Å². The molecule has 0 fully saturated rings. The van der Waals surface area contributed by atoms with Crippen LogP contribution in [0.5, 0.6) is 5.75 Å². The molecule has 1 N–H and O–H groups in total. The molecule has 0 aromatic heterocycles. The van der Waals surface area contributed by atoms with Crippen LogP contribution in [0, 0.1) is 0 Å². The Balaban J connectivity index is 1.70. The zero-order valence-electron chi connectivity index (χ0n) is 20.1. The van der Waals surface area contributed by atoms with Gasteiger partial charge in [0.1, 0.15) is 12.4 Å². The van der Waals surface area contributed by atoms with E-state index in [1.165, 1.54) is 0 Å². The average Bonchev–Trinajstić information content (AvgIpc) is 2.86. The van der Waals surface area contributed by atoms with Crippen LogP contribution in [0.25, 0.3) is 0 Å². The Kier molecular flexibility index (Phi) is 10.3. The summed E-state index contributed by atoms with van der Waals surface area (Å²) in [5, 5.41) is 13.3. The van der Waals surface area contributed by atoms with E-state index in [0.29, 0.717) is 19.4 Å². The highest BCUT2D eigenvalue weighted by atomic mass is 35.5. The summed E-state index contributed by atoms with van der Waals surface area (Å²) in [6, 6.07) is 23.6. The summed E-state index contributed by atoms with van der Waals surface area (Å²) in [4.78, 5) is 2.33. The summed E-state index contributed by atoms with van der Waals surface area (Å²) in [6.07, 6.45) is 2.75. The lowest BCUT2D eigenvalue weighted by molar-refractivity contribution is 0.0189. The lowest BCUT2D eigenvalue weighted by Gasteiger charge is -2.29. The van der Waals surface area contributed by atoms with Crippen LogP contribution in [0.4, 0.5) is 0 Å². The van der Waals surface area contributed by atoms with Gasteiger partial charge in [0.25, 0.3) is 0 Å². The van der Waals surface area contributed by atoms with Crippen molar-refractivity contribution < 1.29 is 9.84 Å². The number of likely N-dealkylation sites (N-methyl/N-ethyl adjacent to an activating group) is 1. The number of halogens is 2. The van der Waals surface area contributed by atoms with Gasteiger partial charge in [-0.3, -0.25) is 0 Å². The number of rotatable bonds is 13. The molecular formula is C29H35Cl2NO2. The van der Waals surface area contributed by atoms with E-state index >= 15 is 0 Å². The molecule has 0 radical (unpaired) electrons. The van der Waals surface area contributed by atoms with E-state index in [1.807, 2.05) is 72.8 Å². The van der Waals surface area contributed by atoms with Gasteiger partial charge < -0.3 is 14.7 Å². The molecule has 0 atom stereocenters. The number of aliphatic hydroxyl groups is 1. The molecule has 0 spiro atoms. The predicted molar refractivity (Wildman–Crippen MR) is 143 cm³/mol. The maximum atomic E-state index is 11.8. The van der Waals surface area contributed by atoms with Crippen LogP contribution < -0.4 is 4.74 Å². The van der Waals surface area contributed by atoms with Crippen molar-refractivity contribution >= 4 is 23.2 Å². The first-order valence-corrected chi connectivity index (χ1v) is 12.8. The van der Waals surface area contributed by atoms with E-state index in [1.54, 1.807) is 0 Å². The van der Waals surface area contributed by atoms with Gasteiger partial charge in [-0.25, -0.2) is 0 Å². The number of hydrogen-bond donors (Lipinski definition) is 1. The van der Waals surface area contributed by atoms with Gasteiger partial charge in [-0.1, -0.05) is 73.4 Å². The molecule has 0 heterocycles. The quantitative estimate of drug-likeness (QED) is 0.270. The average molecular weight is 501 g/mol. The highest BCUT2D eigenvalue weighted by Crippen LogP contribution is 2.33. The molecule has 34 heavy (non-hydrogen) atoms. The van der Waals surface area contributed by atoms with Crippen LogP contribution in [0.2, 0.25) is 10.0 Å². The first-order valence-electron chi connectivity index (χ1n) is 12.1. The third-order valence-electron chi connectivity index (χ3n) is 6.44. The maximum Gasteiger partial charge on any atom is 0.119 e.